The summed E-state index contributed by atoms with van der Waals surface area (Å²) in [6, 6.07) is 8.64. The van der Waals surface area contributed by atoms with Crippen LogP contribution in [-0.4, -0.2) is 44.2 Å². The number of hydrogen-bond donors (Lipinski definition) is 1. The summed E-state index contributed by atoms with van der Waals surface area (Å²) in [6.07, 6.45) is 0.707. The summed E-state index contributed by atoms with van der Waals surface area (Å²) in [7, 11) is -3.08. The Labute approximate surface area is 121 Å². The average Bonchev–Trinajstić information content (AvgIpc) is 2.38. The third-order valence-electron chi connectivity index (χ3n) is 4.30. The molecule has 0 aromatic heterocycles. The van der Waals surface area contributed by atoms with E-state index < -0.39 is 9.84 Å². The Hall–Kier alpha value is -0.910. The first-order valence-corrected chi connectivity index (χ1v) is 8.94. The molecule has 4 nitrogen and oxygen atoms in total. The Bertz CT molecular complexity index is 590. The van der Waals surface area contributed by atoms with E-state index in [4.69, 9.17) is 0 Å². The molecule has 2 aliphatic rings. The summed E-state index contributed by atoms with van der Waals surface area (Å²) < 4.78 is 24.4. The Morgan fingerprint density at radius 3 is 2.50 bits per heavy atom. The van der Waals surface area contributed by atoms with Crippen molar-refractivity contribution in [2.75, 3.05) is 18.8 Å². The summed E-state index contributed by atoms with van der Waals surface area (Å²) in [5.74, 6) is 0.265. The molecule has 0 spiro atoms. The number of sulfone groups is 1. The molecule has 1 aromatic carbocycles. The molecule has 110 valence electrons. The van der Waals surface area contributed by atoms with E-state index in [1.165, 1.54) is 0 Å². The second-order valence-electron chi connectivity index (χ2n) is 6.08. The minimum absolute atomic E-state index is 0.238. The van der Waals surface area contributed by atoms with Crippen LogP contribution in [0.5, 0.6) is 0 Å². The zero-order valence-electron chi connectivity index (χ0n) is 12.0. The topological polar surface area (TPSA) is 49.4 Å². The number of nitrogens with one attached hydrogen (secondary N) is 1. The minimum Gasteiger partial charge on any atom is -0.309 e. The first-order chi connectivity index (χ1) is 9.47. The molecular weight excluding hydrogens is 272 g/mol. The predicted octanol–water partition coefficient (Wildman–Crippen LogP) is 1.59. The SMILES string of the molecule is CC1CN(C2CCS(=O)(=O)c3ccccc32)CC(C)N1. The standard InChI is InChI=1S/C15H22N2O2S/c1-11-9-17(10-12(2)16-11)14-7-8-20(18,19)15-6-4-3-5-13(14)15/h3-6,11-12,14,16H,7-10H2,1-2H3. The number of nitrogens with zero attached hydrogens (tertiary/aromatic N) is 1. The van der Waals surface area contributed by atoms with Gasteiger partial charge in [-0.15, -0.1) is 0 Å². The van der Waals surface area contributed by atoms with Gasteiger partial charge in [0.15, 0.2) is 9.84 Å². The van der Waals surface area contributed by atoms with Crippen molar-refractivity contribution >= 4 is 9.84 Å². The number of piperazine rings is 1. The molecule has 1 N–H and O–H groups in total. The molecule has 1 aromatic rings. The van der Waals surface area contributed by atoms with Gasteiger partial charge in [0.2, 0.25) is 0 Å². The van der Waals surface area contributed by atoms with Gasteiger partial charge in [0.1, 0.15) is 0 Å². The minimum atomic E-state index is -3.08. The van der Waals surface area contributed by atoms with E-state index >= 15 is 0 Å². The zero-order valence-corrected chi connectivity index (χ0v) is 12.9. The molecule has 0 amide bonds. The van der Waals surface area contributed by atoms with Gasteiger partial charge in [-0.2, -0.15) is 0 Å². The number of fused-ring (bicyclic) bond motifs is 1. The molecule has 20 heavy (non-hydrogen) atoms. The van der Waals surface area contributed by atoms with Crippen LogP contribution in [-0.2, 0) is 9.84 Å². The molecule has 1 fully saturated rings. The molecule has 1 saturated heterocycles. The van der Waals surface area contributed by atoms with Gasteiger partial charge >= 0.3 is 0 Å². The highest BCUT2D eigenvalue weighted by molar-refractivity contribution is 7.91. The monoisotopic (exact) mass is 294 g/mol. The lowest BCUT2D eigenvalue weighted by molar-refractivity contribution is 0.117. The second-order valence-corrected chi connectivity index (χ2v) is 8.16. The zero-order chi connectivity index (χ0) is 14.3. The highest BCUT2D eigenvalue weighted by atomic mass is 32.2. The van der Waals surface area contributed by atoms with E-state index in [9.17, 15) is 8.42 Å². The van der Waals surface area contributed by atoms with E-state index in [1.807, 2.05) is 18.2 Å². The molecule has 3 unspecified atom stereocenters. The van der Waals surface area contributed by atoms with E-state index in [-0.39, 0.29) is 11.8 Å². The summed E-state index contributed by atoms with van der Waals surface area (Å²) >= 11 is 0. The molecular formula is C15H22N2O2S. The molecule has 3 rings (SSSR count). The summed E-state index contributed by atoms with van der Waals surface area (Å²) in [5.41, 5.74) is 0.986. The third kappa shape index (κ3) is 2.50. The average molecular weight is 294 g/mol. The van der Waals surface area contributed by atoms with Crippen LogP contribution in [0.4, 0.5) is 0 Å². The summed E-state index contributed by atoms with van der Waals surface area (Å²) in [5, 5.41) is 3.53. The molecule has 0 aliphatic carbocycles. The highest BCUT2D eigenvalue weighted by Crippen LogP contribution is 2.36. The quantitative estimate of drug-likeness (QED) is 0.854. The first kappa shape index (κ1) is 14.0. The fourth-order valence-electron chi connectivity index (χ4n) is 3.57. The van der Waals surface area contributed by atoms with Crippen molar-refractivity contribution in [2.45, 2.75) is 43.3 Å². The Balaban J connectivity index is 1.96. The van der Waals surface area contributed by atoms with Crippen molar-refractivity contribution in [3.8, 4) is 0 Å². The van der Waals surface area contributed by atoms with Crippen molar-refractivity contribution in [3.05, 3.63) is 29.8 Å². The van der Waals surface area contributed by atoms with Gasteiger partial charge in [0.25, 0.3) is 0 Å². The van der Waals surface area contributed by atoms with Crippen molar-refractivity contribution < 1.29 is 8.42 Å². The first-order valence-electron chi connectivity index (χ1n) is 7.29. The predicted molar refractivity (Wildman–Crippen MR) is 79.5 cm³/mol. The van der Waals surface area contributed by atoms with Crippen LogP contribution in [0.15, 0.2) is 29.2 Å². The lowest BCUT2D eigenvalue weighted by atomic mass is 9.99. The Kier molecular flexibility index (Phi) is 3.60. The molecule has 2 heterocycles. The fraction of sp³-hybridized carbons (Fsp3) is 0.600. The number of benzene rings is 1. The lowest BCUT2D eigenvalue weighted by Crippen LogP contribution is -2.55. The van der Waals surface area contributed by atoms with E-state index in [0.29, 0.717) is 23.4 Å². The van der Waals surface area contributed by atoms with Crippen LogP contribution in [0.25, 0.3) is 0 Å². The summed E-state index contributed by atoms with van der Waals surface area (Å²) in [6.45, 7) is 6.33. The van der Waals surface area contributed by atoms with Gasteiger partial charge in [-0.25, -0.2) is 8.42 Å². The Morgan fingerprint density at radius 1 is 1.15 bits per heavy atom. The van der Waals surface area contributed by atoms with Gasteiger partial charge in [-0.05, 0) is 31.9 Å². The van der Waals surface area contributed by atoms with E-state index in [1.54, 1.807) is 6.07 Å². The van der Waals surface area contributed by atoms with Gasteiger partial charge in [0, 0.05) is 31.2 Å². The maximum absolute atomic E-state index is 12.2. The Morgan fingerprint density at radius 2 is 1.80 bits per heavy atom. The molecule has 0 bridgehead atoms. The highest BCUT2D eigenvalue weighted by Gasteiger charge is 2.35. The number of rotatable bonds is 1. The van der Waals surface area contributed by atoms with Crippen LogP contribution in [0.3, 0.4) is 0 Å². The smallest absolute Gasteiger partial charge is 0.178 e. The van der Waals surface area contributed by atoms with Crippen molar-refractivity contribution in [2.24, 2.45) is 0 Å². The van der Waals surface area contributed by atoms with Crippen molar-refractivity contribution in [1.82, 2.24) is 10.2 Å². The normalized spacial score (nSPS) is 33.6. The second kappa shape index (κ2) is 5.13. The molecule has 0 radical (unpaired) electrons. The van der Waals surface area contributed by atoms with Gasteiger partial charge < -0.3 is 5.32 Å². The number of hydrogen-bond acceptors (Lipinski definition) is 4. The molecule has 3 atom stereocenters. The van der Waals surface area contributed by atoms with Crippen LogP contribution in [0, 0.1) is 0 Å². The van der Waals surface area contributed by atoms with Crippen molar-refractivity contribution in [3.63, 3.8) is 0 Å². The van der Waals surface area contributed by atoms with Crippen molar-refractivity contribution in [1.29, 1.82) is 0 Å². The van der Waals surface area contributed by atoms with E-state index in [2.05, 4.69) is 24.1 Å². The van der Waals surface area contributed by atoms with Crippen LogP contribution in [0.1, 0.15) is 31.9 Å². The van der Waals surface area contributed by atoms with Crippen LogP contribution >= 0.6 is 0 Å². The van der Waals surface area contributed by atoms with Gasteiger partial charge in [-0.3, -0.25) is 4.90 Å². The molecule has 2 aliphatic heterocycles. The van der Waals surface area contributed by atoms with Crippen LogP contribution in [0.2, 0.25) is 0 Å². The molecule has 5 heteroatoms. The fourth-order valence-corrected chi connectivity index (χ4v) is 5.18. The maximum atomic E-state index is 12.2. The third-order valence-corrected chi connectivity index (χ3v) is 6.11. The summed E-state index contributed by atoms with van der Waals surface area (Å²) in [4.78, 5) is 2.98. The largest absolute Gasteiger partial charge is 0.309 e. The maximum Gasteiger partial charge on any atom is 0.178 e. The molecule has 0 saturated carbocycles. The lowest BCUT2D eigenvalue weighted by Gasteiger charge is -2.42. The van der Waals surface area contributed by atoms with Crippen LogP contribution < -0.4 is 5.32 Å². The van der Waals surface area contributed by atoms with Gasteiger partial charge in [0.05, 0.1) is 10.6 Å². The van der Waals surface area contributed by atoms with E-state index in [0.717, 1.165) is 18.7 Å². The van der Waals surface area contributed by atoms with Gasteiger partial charge in [-0.1, -0.05) is 18.2 Å².